The normalized spacial score (nSPS) is 13.7. The van der Waals surface area contributed by atoms with E-state index in [0.717, 1.165) is 19.4 Å². The number of anilines is 1. The van der Waals surface area contributed by atoms with Crippen molar-refractivity contribution in [1.82, 2.24) is 15.5 Å². The Balaban J connectivity index is 2.58. The number of nitrogens with one attached hydrogen (secondary N) is 2. The lowest BCUT2D eigenvalue weighted by atomic mass is 10.0. The third kappa shape index (κ3) is 4.34. The highest BCUT2D eigenvalue weighted by molar-refractivity contribution is 5.22. The van der Waals surface area contributed by atoms with Crippen molar-refractivity contribution in [2.45, 2.75) is 59.0 Å². The van der Waals surface area contributed by atoms with E-state index >= 15 is 0 Å². The largest absolute Gasteiger partial charge is 0.406 e. The Morgan fingerprint density at radius 3 is 2.59 bits per heavy atom. The Kier molecular flexibility index (Phi) is 4.93. The molecule has 0 amide bonds. The quantitative estimate of drug-likeness (QED) is 0.767. The van der Waals surface area contributed by atoms with Crippen LogP contribution in [-0.4, -0.2) is 22.3 Å². The van der Waals surface area contributed by atoms with Gasteiger partial charge in [-0.25, -0.2) is 0 Å². The summed E-state index contributed by atoms with van der Waals surface area (Å²) < 4.78 is 5.58. The van der Waals surface area contributed by atoms with Crippen LogP contribution in [-0.2, 0) is 0 Å². The van der Waals surface area contributed by atoms with Crippen LogP contribution in [0.4, 0.5) is 6.01 Å². The maximum absolute atomic E-state index is 5.58. The van der Waals surface area contributed by atoms with Crippen LogP contribution in [0.25, 0.3) is 0 Å². The average Bonchev–Trinajstić information content (AvgIpc) is 2.73. The first-order valence-electron chi connectivity index (χ1n) is 6.33. The molecule has 1 atom stereocenters. The van der Waals surface area contributed by atoms with E-state index in [0.29, 0.717) is 11.9 Å². The van der Waals surface area contributed by atoms with Crippen molar-refractivity contribution >= 4 is 6.01 Å². The lowest BCUT2D eigenvalue weighted by Gasteiger charge is -2.22. The molecule has 0 bridgehead atoms. The molecule has 1 aromatic rings. The second-order valence-electron chi connectivity index (χ2n) is 4.98. The van der Waals surface area contributed by atoms with Crippen molar-refractivity contribution in [2.75, 3.05) is 11.9 Å². The third-order valence-corrected chi connectivity index (χ3v) is 2.84. The van der Waals surface area contributed by atoms with Crippen LogP contribution in [0.15, 0.2) is 4.42 Å². The summed E-state index contributed by atoms with van der Waals surface area (Å²) in [6, 6.07) is 0.597. The molecule has 0 aliphatic heterocycles. The zero-order chi connectivity index (χ0) is 12.9. The zero-order valence-electron chi connectivity index (χ0n) is 11.5. The first kappa shape index (κ1) is 14.0. The lowest BCUT2D eigenvalue weighted by Crippen LogP contribution is -2.29. The van der Waals surface area contributed by atoms with Gasteiger partial charge in [0.05, 0.1) is 6.04 Å². The molecule has 5 heteroatoms. The fourth-order valence-electron chi connectivity index (χ4n) is 1.29. The van der Waals surface area contributed by atoms with Crippen molar-refractivity contribution in [2.24, 2.45) is 0 Å². The van der Waals surface area contributed by atoms with Gasteiger partial charge in [-0.15, -0.1) is 5.10 Å². The van der Waals surface area contributed by atoms with E-state index in [-0.39, 0.29) is 11.6 Å². The van der Waals surface area contributed by atoms with Gasteiger partial charge < -0.3 is 15.1 Å². The van der Waals surface area contributed by atoms with E-state index in [9.17, 15) is 0 Å². The molecule has 0 radical (unpaired) electrons. The zero-order valence-corrected chi connectivity index (χ0v) is 11.5. The van der Waals surface area contributed by atoms with Gasteiger partial charge in [0, 0.05) is 5.54 Å². The van der Waals surface area contributed by atoms with Gasteiger partial charge in [-0.1, -0.05) is 18.9 Å². The highest BCUT2D eigenvalue weighted by atomic mass is 16.4. The Hall–Kier alpha value is -1.10. The fraction of sp³-hybridized carbons (Fsp3) is 0.833. The number of aromatic nitrogens is 2. The van der Waals surface area contributed by atoms with Gasteiger partial charge in [0.1, 0.15) is 0 Å². The highest BCUT2D eigenvalue weighted by Crippen LogP contribution is 2.19. The molecule has 2 N–H and O–H groups in total. The van der Waals surface area contributed by atoms with Gasteiger partial charge in [-0.2, -0.15) is 0 Å². The summed E-state index contributed by atoms with van der Waals surface area (Å²) in [4.78, 5) is 0. The monoisotopic (exact) mass is 240 g/mol. The van der Waals surface area contributed by atoms with Crippen LogP contribution in [0.1, 0.15) is 59.4 Å². The van der Waals surface area contributed by atoms with Gasteiger partial charge in [0.25, 0.3) is 0 Å². The van der Waals surface area contributed by atoms with E-state index in [1.54, 1.807) is 0 Å². The van der Waals surface area contributed by atoms with Gasteiger partial charge in [0.15, 0.2) is 0 Å². The molecular formula is C12H24N4O. The van der Waals surface area contributed by atoms with Crippen LogP contribution in [0, 0.1) is 0 Å². The fourth-order valence-corrected chi connectivity index (χ4v) is 1.29. The highest BCUT2D eigenvalue weighted by Gasteiger charge is 2.19. The van der Waals surface area contributed by atoms with Gasteiger partial charge >= 0.3 is 6.01 Å². The maximum Gasteiger partial charge on any atom is 0.315 e. The predicted molar refractivity (Wildman–Crippen MR) is 69.0 cm³/mol. The van der Waals surface area contributed by atoms with Crippen molar-refractivity contribution < 1.29 is 4.42 Å². The summed E-state index contributed by atoms with van der Waals surface area (Å²) in [6.45, 7) is 11.4. The smallest absolute Gasteiger partial charge is 0.315 e. The van der Waals surface area contributed by atoms with Crippen LogP contribution >= 0.6 is 0 Å². The summed E-state index contributed by atoms with van der Waals surface area (Å²) in [5.41, 5.74) is -0.0239. The molecule has 0 saturated heterocycles. The number of rotatable bonds is 7. The van der Waals surface area contributed by atoms with E-state index in [4.69, 9.17) is 4.42 Å². The maximum atomic E-state index is 5.58. The molecule has 98 valence electrons. The summed E-state index contributed by atoms with van der Waals surface area (Å²) in [7, 11) is 0. The van der Waals surface area contributed by atoms with Gasteiger partial charge in [-0.3, -0.25) is 0 Å². The minimum atomic E-state index is -0.0239. The molecular weight excluding hydrogens is 216 g/mol. The van der Waals surface area contributed by atoms with E-state index < -0.39 is 0 Å². The molecule has 0 saturated carbocycles. The number of nitrogens with zero attached hydrogens (tertiary/aromatic N) is 2. The molecule has 0 spiro atoms. The molecule has 0 fully saturated rings. The molecule has 1 aromatic heterocycles. The summed E-state index contributed by atoms with van der Waals surface area (Å²) >= 11 is 0. The summed E-state index contributed by atoms with van der Waals surface area (Å²) in [5, 5.41) is 14.6. The summed E-state index contributed by atoms with van der Waals surface area (Å²) in [6.07, 6.45) is 2.08. The first-order valence-corrected chi connectivity index (χ1v) is 6.33. The molecule has 0 aliphatic rings. The topological polar surface area (TPSA) is 63.0 Å². The Morgan fingerprint density at radius 1 is 1.29 bits per heavy atom. The molecule has 0 aromatic carbocycles. The standard InChI is InChI=1S/C12H24N4O/c1-6-8-13-9(3)10-15-16-11(17-10)14-12(4,5)7-2/h9,13H,6-8H2,1-5H3,(H,14,16). The van der Waals surface area contributed by atoms with Crippen molar-refractivity contribution in [3.8, 4) is 0 Å². The molecule has 5 nitrogen and oxygen atoms in total. The lowest BCUT2D eigenvalue weighted by molar-refractivity contribution is 0.413. The second-order valence-corrected chi connectivity index (χ2v) is 4.98. The predicted octanol–water partition coefficient (Wildman–Crippen LogP) is 2.73. The van der Waals surface area contributed by atoms with Crippen molar-refractivity contribution in [3.63, 3.8) is 0 Å². The number of hydrogen-bond acceptors (Lipinski definition) is 5. The molecule has 17 heavy (non-hydrogen) atoms. The first-order chi connectivity index (χ1) is 7.98. The molecule has 1 rings (SSSR count). The van der Waals surface area contributed by atoms with E-state index in [1.165, 1.54) is 0 Å². The SMILES string of the molecule is CCCNC(C)c1nnc(NC(C)(C)CC)o1. The van der Waals surface area contributed by atoms with Crippen LogP contribution in [0.5, 0.6) is 0 Å². The van der Waals surface area contributed by atoms with Gasteiger partial charge in [0.2, 0.25) is 5.89 Å². The molecule has 1 heterocycles. The van der Waals surface area contributed by atoms with Crippen molar-refractivity contribution in [3.05, 3.63) is 5.89 Å². The Labute approximate surface area is 103 Å². The molecule has 0 aliphatic carbocycles. The third-order valence-electron chi connectivity index (χ3n) is 2.84. The van der Waals surface area contributed by atoms with E-state index in [2.05, 4.69) is 48.5 Å². The number of hydrogen-bond donors (Lipinski definition) is 2. The average molecular weight is 240 g/mol. The minimum Gasteiger partial charge on any atom is -0.406 e. The van der Waals surface area contributed by atoms with Crippen LogP contribution in [0.3, 0.4) is 0 Å². The van der Waals surface area contributed by atoms with Crippen LogP contribution in [0.2, 0.25) is 0 Å². The molecule has 1 unspecified atom stereocenters. The van der Waals surface area contributed by atoms with Gasteiger partial charge in [-0.05, 0) is 40.2 Å². The Morgan fingerprint density at radius 2 is 2.00 bits per heavy atom. The van der Waals surface area contributed by atoms with Crippen LogP contribution < -0.4 is 10.6 Å². The van der Waals surface area contributed by atoms with Crippen molar-refractivity contribution in [1.29, 1.82) is 0 Å². The minimum absolute atomic E-state index is 0.0239. The second kappa shape index (κ2) is 6.00. The Bertz CT molecular complexity index is 335. The van der Waals surface area contributed by atoms with E-state index in [1.807, 2.05) is 6.92 Å². The summed E-state index contributed by atoms with van der Waals surface area (Å²) in [5.74, 6) is 0.632.